The zero-order valence-electron chi connectivity index (χ0n) is 11.2. The highest BCUT2D eigenvalue weighted by molar-refractivity contribution is 7.17. The number of aliphatic hydroxyl groups is 1. The van der Waals surface area contributed by atoms with Gasteiger partial charge in [-0.25, -0.2) is 4.98 Å². The highest BCUT2D eigenvalue weighted by Gasteiger charge is 2.28. The molecule has 1 heterocycles. The van der Waals surface area contributed by atoms with Crippen molar-refractivity contribution >= 4 is 22.4 Å². The molecule has 6 heteroatoms. The first-order chi connectivity index (χ1) is 9.13. The predicted octanol–water partition coefficient (Wildman–Crippen LogP) is 2.00. The Kier molecular flexibility index (Phi) is 4.76. The minimum absolute atomic E-state index is 0.156. The largest absolute Gasteiger partial charge is 0.388 e. The molecule has 19 heavy (non-hydrogen) atoms. The van der Waals surface area contributed by atoms with Crippen LogP contribution in [0.1, 0.15) is 48.2 Å². The quantitative estimate of drug-likeness (QED) is 0.739. The van der Waals surface area contributed by atoms with Gasteiger partial charge in [0, 0.05) is 13.6 Å². The minimum atomic E-state index is -0.733. The lowest BCUT2D eigenvalue weighted by Gasteiger charge is -2.26. The number of nitrogens with zero attached hydrogens (tertiary/aromatic N) is 1. The molecule has 0 atom stereocenters. The standard InChI is InChI=1S/C13H21N3O2S/c1-14-12-15-8-10(19-12)11(17)16-9-13(18)6-4-2-3-5-7-13/h8,18H,2-7,9H2,1H3,(H,14,15)(H,16,17). The van der Waals surface area contributed by atoms with Crippen LogP contribution >= 0.6 is 11.3 Å². The Bertz CT molecular complexity index is 425. The summed E-state index contributed by atoms with van der Waals surface area (Å²) in [4.78, 5) is 16.6. The summed E-state index contributed by atoms with van der Waals surface area (Å²) in [5.74, 6) is -0.156. The Labute approximate surface area is 117 Å². The average molecular weight is 283 g/mol. The van der Waals surface area contributed by atoms with Crippen molar-refractivity contribution in [3.8, 4) is 0 Å². The SMILES string of the molecule is CNc1ncc(C(=O)NCC2(O)CCCCCC2)s1. The van der Waals surface area contributed by atoms with E-state index in [-0.39, 0.29) is 5.91 Å². The molecule has 1 aromatic heterocycles. The van der Waals surface area contributed by atoms with E-state index in [1.54, 1.807) is 13.2 Å². The van der Waals surface area contributed by atoms with Crippen LogP contribution in [0.15, 0.2) is 6.20 Å². The Balaban J connectivity index is 1.88. The first-order valence-corrected chi connectivity index (χ1v) is 7.59. The molecule has 1 amide bonds. The Morgan fingerprint density at radius 1 is 1.42 bits per heavy atom. The number of thiazole rings is 1. The Morgan fingerprint density at radius 3 is 2.68 bits per heavy atom. The van der Waals surface area contributed by atoms with E-state index < -0.39 is 5.60 Å². The number of rotatable bonds is 4. The maximum absolute atomic E-state index is 12.0. The predicted molar refractivity (Wildman–Crippen MR) is 76.6 cm³/mol. The van der Waals surface area contributed by atoms with Crippen LogP contribution in [0, 0.1) is 0 Å². The molecular weight excluding hydrogens is 262 g/mol. The number of hydrogen-bond acceptors (Lipinski definition) is 5. The summed E-state index contributed by atoms with van der Waals surface area (Å²) in [6, 6.07) is 0. The first kappa shape index (κ1) is 14.3. The van der Waals surface area contributed by atoms with Crippen LogP contribution in [0.2, 0.25) is 0 Å². The number of carbonyl (C=O) groups is 1. The molecular formula is C13H21N3O2S. The van der Waals surface area contributed by atoms with Crippen LogP contribution in [0.3, 0.4) is 0 Å². The van der Waals surface area contributed by atoms with E-state index in [4.69, 9.17) is 0 Å². The smallest absolute Gasteiger partial charge is 0.263 e. The summed E-state index contributed by atoms with van der Waals surface area (Å²) in [7, 11) is 1.77. The van der Waals surface area contributed by atoms with Gasteiger partial charge in [0.2, 0.25) is 0 Å². The van der Waals surface area contributed by atoms with Crippen molar-refractivity contribution in [3.05, 3.63) is 11.1 Å². The number of amides is 1. The molecule has 2 rings (SSSR count). The van der Waals surface area contributed by atoms with Crippen LogP contribution in [0.25, 0.3) is 0 Å². The molecule has 1 fully saturated rings. The van der Waals surface area contributed by atoms with E-state index in [0.29, 0.717) is 11.4 Å². The van der Waals surface area contributed by atoms with Crippen LogP contribution in [0.5, 0.6) is 0 Å². The van der Waals surface area contributed by atoms with Gasteiger partial charge in [0.25, 0.3) is 5.91 Å². The molecule has 3 N–H and O–H groups in total. The van der Waals surface area contributed by atoms with Gasteiger partial charge in [0.05, 0.1) is 11.8 Å². The number of hydrogen-bond donors (Lipinski definition) is 3. The molecule has 0 saturated heterocycles. The first-order valence-electron chi connectivity index (χ1n) is 6.77. The van der Waals surface area contributed by atoms with Gasteiger partial charge in [-0.05, 0) is 12.8 Å². The summed E-state index contributed by atoms with van der Waals surface area (Å²) >= 11 is 1.31. The molecule has 1 aliphatic carbocycles. The lowest BCUT2D eigenvalue weighted by atomic mass is 9.94. The van der Waals surface area contributed by atoms with Crippen molar-refractivity contribution in [2.24, 2.45) is 0 Å². The zero-order valence-corrected chi connectivity index (χ0v) is 12.1. The molecule has 0 unspecified atom stereocenters. The molecule has 1 saturated carbocycles. The van der Waals surface area contributed by atoms with Gasteiger partial charge in [-0.3, -0.25) is 4.79 Å². The third-order valence-electron chi connectivity index (χ3n) is 3.56. The van der Waals surface area contributed by atoms with Crippen molar-refractivity contribution in [2.75, 3.05) is 18.9 Å². The van der Waals surface area contributed by atoms with Crippen LogP contribution < -0.4 is 10.6 Å². The number of aromatic nitrogens is 1. The molecule has 0 aromatic carbocycles. The van der Waals surface area contributed by atoms with E-state index in [0.717, 1.165) is 30.8 Å². The second-order valence-corrected chi connectivity index (χ2v) is 6.13. The molecule has 106 valence electrons. The molecule has 1 aromatic rings. The maximum Gasteiger partial charge on any atom is 0.263 e. The van der Waals surface area contributed by atoms with E-state index in [9.17, 15) is 9.90 Å². The average Bonchev–Trinajstić information content (AvgIpc) is 2.79. The number of anilines is 1. The molecule has 5 nitrogen and oxygen atoms in total. The van der Waals surface area contributed by atoms with Gasteiger partial charge in [0.1, 0.15) is 4.88 Å². The van der Waals surface area contributed by atoms with Gasteiger partial charge in [-0.2, -0.15) is 0 Å². The zero-order chi connectivity index (χ0) is 13.7. The van der Waals surface area contributed by atoms with Crippen LogP contribution in [-0.2, 0) is 0 Å². The number of nitrogens with one attached hydrogen (secondary N) is 2. The summed E-state index contributed by atoms with van der Waals surface area (Å²) in [5, 5.41) is 16.9. The van der Waals surface area contributed by atoms with Gasteiger partial charge in [-0.15, -0.1) is 0 Å². The third kappa shape index (κ3) is 3.91. The summed E-state index contributed by atoms with van der Waals surface area (Å²) < 4.78 is 0. The molecule has 0 spiro atoms. The summed E-state index contributed by atoms with van der Waals surface area (Å²) in [6.45, 7) is 0.332. The minimum Gasteiger partial charge on any atom is -0.388 e. The van der Waals surface area contributed by atoms with Crippen molar-refractivity contribution in [1.29, 1.82) is 0 Å². The van der Waals surface area contributed by atoms with Crippen LogP contribution in [0.4, 0.5) is 5.13 Å². The monoisotopic (exact) mass is 283 g/mol. The van der Waals surface area contributed by atoms with E-state index in [1.807, 2.05) is 0 Å². The van der Waals surface area contributed by atoms with Gasteiger partial charge in [-0.1, -0.05) is 37.0 Å². The Hall–Kier alpha value is -1.14. The normalized spacial score (nSPS) is 18.6. The maximum atomic E-state index is 12.0. The van der Waals surface area contributed by atoms with Crippen molar-refractivity contribution in [3.63, 3.8) is 0 Å². The van der Waals surface area contributed by atoms with E-state index >= 15 is 0 Å². The molecule has 0 radical (unpaired) electrons. The van der Waals surface area contributed by atoms with Crippen molar-refractivity contribution < 1.29 is 9.90 Å². The van der Waals surface area contributed by atoms with Gasteiger partial charge >= 0.3 is 0 Å². The second-order valence-electron chi connectivity index (χ2n) is 5.10. The second kappa shape index (κ2) is 6.34. The van der Waals surface area contributed by atoms with E-state index in [1.165, 1.54) is 24.2 Å². The topological polar surface area (TPSA) is 74.2 Å². The fraction of sp³-hybridized carbons (Fsp3) is 0.692. The van der Waals surface area contributed by atoms with Crippen LogP contribution in [-0.4, -0.2) is 35.2 Å². The molecule has 0 bridgehead atoms. The van der Waals surface area contributed by atoms with Gasteiger partial charge < -0.3 is 15.7 Å². The van der Waals surface area contributed by atoms with Gasteiger partial charge in [0.15, 0.2) is 5.13 Å². The lowest BCUT2D eigenvalue weighted by molar-refractivity contribution is 0.0247. The van der Waals surface area contributed by atoms with Crippen molar-refractivity contribution in [2.45, 2.75) is 44.1 Å². The lowest BCUT2D eigenvalue weighted by Crippen LogP contribution is -2.42. The number of carbonyl (C=O) groups excluding carboxylic acids is 1. The fourth-order valence-corrected chi connectivity index (χ4v) is 3.08. The molecule has 1 aliphatic rings. The Morgan fingerprint density at radius 2 is 2.11 bits per heavy atom. The summed E-state index contributed by atoms with van der Waals surface area (Å²) in [6.07, 6.45) is 7.54. The van der Waals surface area contributed by atoms with Crippen molar-refractivity contribution in [1.82, 2.24) is 10.3 Å². The highest BCUT2D eigenvalue weighted by atomic mass is 32.1. The third-order valence-corrected chi connectivity index (χ3v) is 4.57. The molecule has 0 aliphatic heterocycles. The van der Waals surface area contributed by atoms with E-state index in [2.05, 4.69) is 15.6 Å². The summed E-state index contributed by atoms with van der Waals surface area (Å²) in [5.41, 5.74) is -0.733. The highest BCUT2D eigenvalue weighted by Crippen LogP contribution is 2.26. The fourth-order valence-electron chi connectivity index (χ4n) is 2.39.